The minimum absolute atomic E-state index is 0.133. The summed E-state index contributed by atoms with van der Waals surface area (Å²) in [7, 11) is 0. The van der Waals surface area contributed by atoms with Crippen molar-refractivity contribution in [3.63, 3.8) is 0 Å². The first-order valence-corrected chi connectivity index (χ1v) is 13.3. The summed E-state index contributed by atoms with van der Waals surface area (Å²) in [4.78, 5) is 2.21. The van der Waals surface area contributed by atoms with Gasteiger partial charge in [0.15, 0.2) is 0 Å². The van der Waals surface area contributed by atoms with Crippen LogP contribution in [0.25, 0.3) is 5.69 Å². The van der Waals surface area contributed by atoms with Gasteiger partial charge in [-0.3, -0.25) is 4.90 Å². The fraction of sp³-hybridized carbons (Fsp3) is 0.483. The van der Waals surface area contributed by atoms with Crippen molar-refractivity contribution in [1.29, 1.82) is 0 Å². The summed E-state index contributed by atoms with van der Waals surface area (Å²) in [5.41, 5.74) is 2.36. The molecular formula is C29H38ClN3O4. The zero-order valence-corrected chi connectivity index (χ0v) is 22.9. The van der Waals surface area contributed by atoms with Crippen LogP contribution in [0.15, 0.2) is 54.6 Å². The SMILES string of the molecule is Cc1nn(-c2ccccc2)c(Oc2ccccc2Cl)c1CN(C[C@H](O)COC(C)(C)C)C[C@H]1CCCO1. The highest BCUT2D eigenvalue weighted by Crippen LogP contribution is 2.35. The second kappa shape index (κ2) is 12.4. The van der Waals surface area contributed by atoms with Gasteiger partial charge in [0, 0.05) is 26.2 Å². The van der Waals surface area contributed by atoms with Gasteiger partial charge in [-0.1, -0.05) is 41.9 Å². The third-order valence-electron chi connectivity index (χ3n) is 6.23. The quantitative estimate of drug-likeness (QED) is 0.341. The van der Waals surface area contributed by atoms with Crippen molar-refractivity contribution < 1.29 is 19.3 Å². The molecule has 0 saturated carbocycles. The van der Waals surface area contributed by atoms with Crippen molar-refractivity contribution in [3.05, 3.63) is 70.9 Å². The molecule has 3 aromatic rings. The van der Waals surface area contributed by atoms with Crippen LogP contribution in [0, 0.1) is 6.92 Å². The third-order valence-corrected chi connectivity index (χ3v) is 6.54. The lowest BCUT2D eigenvalue weighted by Crippen LogP contribution is -2.40. The molecule has 1 aliphatic heterocycles. The molecule has 2 atom stereocenters. The number of rotatable bonds is 11. The Bertz CT molecular complexity index is 1140. The Labute approximate surface area is 224 Å². The molecule has 2 aromatic carbocycles. The molecule has 0 bridgehead atoms. The van der Waals surface area contributed by atoms with Crippen LogP contribution in [0.1, 0.15) is 44.9 Å². The number of para-hydroxylation sites is 2. The van der Waals surface area contributed by atoms with E-state index in [-0.39, 0.29) is 18.3 Å². The maximum absolute atomic E-state index is 10.9. The molecule has 1 saturated heterocycles. The van der Waals surface area contributed by atoms with Crippen molar-refractivity contribution in [2.45, 2.75) is 64.9 Å². The number of aryl methyl sites for hydroxylation is 1. The Morgan fingerprint density at radius 1 is 1.16 bits per heavy atom. The lowest BCUT2D eigenvalue weighted by molar-refractivity contribution is -0.0594. The van der Waals surface area contributed by atoms with E-state index in [0.29, 0.717) is 36.3 Å². The molecule has 37 heavy (non-hydrogen) atoms. The van der Waals surface area contributed by atoms with E-state index in [2.05, 4.69) is 4.90 Å². The summed E-state index contributed by atoms with van der Waals surface area (Å²) >= 11 is 6.46. The average Bonchev–Trinajstić information content (AvgIpc) is 3.48. The van der Waals surface area contributed by atoms with Crippen LogP contribution in [0.2, 0.25) is 5.02 Å². The molecule has 1 aliphatic rings. The molecule has 0 aliphatic carbocycles. The number of halogens is 1. The van der Waals surface area contributed by atoms with Crippen molar-refractivity contribution in [2.75, 3.05) is 26.3 Å². The number of aliphatic hydroxyl groups excluding tert-OH is 1. The summed E-state index contributed by atoms with van der Waals surface area (Å²) in [5.74, 6) is 1.17. The lowest BCUT2D eigenvalue weighted by Gasteiger charge is -2.29. The highest BCUT2D eigenvalue weighted by atomic mass is 35.5. The predicted octanol–water partition coefficient (Wildman–Crippen LogP) is 5.78. The first-order chi connectivity index (χ1) is 17.7. The Morgan fingerprint density at radius 3 is 2.57 bits per heavy atom. The van der Waals surface area contributed by atoms with Crippen molar-refractivity contribution in [1.82, 2.24) is 14.7 Å². The topological polar surface area (TPSA) is 69.0 Å². The number of hydrogen-bond donors (Lipinski definition) is 1. The Hall–Kier alpha value is -2.42. The maximum atomic E-state index is 10.9. The maximum Gasteiger partial charge on any atom is 0.227 e. The highest BCUT2D eigenvalue weighted by Gasteiger charge is 2.26. The Balaban J connectivity index is 1.65. The first kappa shape index (κ1) is 27.6. The van der Waals surface area contributed by atoms with E-state index in [1.165, 1.54) is 0 Å². The normalized spacial score (nSPS) is 16.9. The lowest BCUT2D eigenvalue weighted by atomic mass is 10.1. The minimum Gasteiger partial charge on any atom is -0.437 e. The van der Waals surface area contributed by atoms with Crippen LogP contribution in [-0.2, 0) is 16.0 Å². The van der Waals surface area contributed by atoms with Gasteiger partial charge in [-0.15, -0.1) is 0 Å². The van der Waals surface area contributed by atoms with Crippen LogP contribution < -0.4 is 4.74 Å². The van der Waals surface area contributed by atoms with E-state index in [0.717, 1.165) is 36.4 Å². The zero-order valence-electron chi connectivity index (χ0n) is 22.2. The molecule has 4 rings (SSSR count). The number of ether oxygens (including phenoxy) is 3. The van der Waals surface area contributed by atoms with E-state index < -0.39 is 6.10 Å². The molecule has 200 valence electrons. The van der Waals surface area contributed by atoms with E-state index >= 15 is 0 Å². The summed E-state index contributed by atoms with van der Waals surface area (Å²) in [6.07, 6.45) is 1.56. The molecule has 1 N–H and O–H groups in total. The second-order valence-electron chi connectivity index (χ2n) is 10.6. The summed E-state index contributed by atoms with van der Waals surface area (Å²) in [6.45, 7) is 10.7. The summed E-state index contributed by atoms with van der Waals surface area (Å²) in [6, 6.07) is 17.3. The summed E-state index contributed by atoms with van der Waals surface area (Å²) in [5, 5.41) is 16.2. The van der Waals surface area contributed by atoms with Gasteiger partial charge in [0.1, 0.15) is 5.75 Å². The number of aliphatic hydroxyl groups is 1. The molecule has 0 radical (unpaired) electrons. The molecular weight excluding hydrogens is 490 g/mol. The van der Waals surface area contributed by atoms with Crippen LogP contribution in [0.3, 0.4) is 0 Å². The fourth-order valence-corrected chi connectivity index (χ4v) is 4.58. The van der Waals surface area contributed by atoms with Gasteiger partial charge in [-0.2, -0.15) is 5.10 Å². The van der Waals surface area contributed by atoms with Crippen molar-refractivity contribution in [3.8, 4) is 17.3 Å². The van der Waals surface area contributed by atoms with Gasteiger partial charge >= 0.3 is 0 Å². The van der Waals surface area contributed by atoms with E-state index in [4.69, 9.17) is 30.9 Å². The van der Waals surface area contributed by atoms with Crippen LogP contribution in [-0.4, -0.2) is 63.9 Å². The standard InChI is InChI=1S/C29H38ClN3O4/c1-21-25(19-32(18-24-13-10-16-35-24)17-23(34)20-36-29(2,3)4)28(37-27-15-9-8-14-26(27)30)33(31-21)22-11-6-5-7-12-22/h5-9,11-12,14-15,23-24,34H,10,13,16-20H2,1-4H3/t23-,24+/m0/s1. The Morgan fingerprint density at radius 2 is 1.89 bits per heavy atom. The van der Waals surface area contributed by atoms with Crippen LogP contribution in [0.4, 0.5) is 0 Å². The van der Waals surface area contributed by atoms with Gasteiger partial charge in [-0.25, -0.2) is 4.68 Å². The molecule has 1 aromatic heterocycles. The second-order valence-corrected chi connectivity index (χ2v) is 11.0. The van der Waals surface area contributed by atoms with E-state index in [9.17, 15) is 5.11 Å². The zero-order chi connectivity index (χ0) is 26.4. The van der Waals surface area contributed by atoms with Crippen molar-refractivity contribution >= 4 is 11.6 Å². The van der Waals surface area contributed by atoms with E-state index in [1.807, 2.05) is 87.0 Å². The van der Waals surface area contributed by atoms with Gasteiger partial charge in [0.05, 0.1) is 46.4 Å². The molecule has 7 nitrogen and oxygen atoms in total. The molecule has 0 unspecified atom stereocenters. The first-order valence-electron chi connectivity index (χ1n) is 12.9. The van der Waals surface area contributed by atoms with Crippen molar-refractivity contribution in [2.24, 2.45) is 0 Å². The smallest absolute Gasteiger partial charge is 0.227 e. The number of nitrogens with zero attached hydrogens (tertiary/aromatic N) is 3. The monoisotopic (exact) mass is 527 g/mol. The molecule has 1 fully saturated rings. The number of hydrogen-bond acceptors (Lipinski definition) is 6. The van der Waals surface area contributed by atoms with Gasteiger partial charge in [0.25, 0.3) is 0 Å². The number of aromatic nitrogens is 2. The van der Waals surface area contributed by atoms with Crippen LogP contribution >= 0.6 is 11.6 Å². The van der Waals surface area contributed by atoms with Gasteiger partial charge < -0.3 is 19.3 Å². The fourth-order valence-electron chi connectivity index (χ4n) is 4.40. The minimum atomic E-state index is -0.641. The molecule has 8 heteroatoms. The molecule has 0 spiro atoms. The van der Waals surface area contributed by atoms with Crippen LogP contribution in [0.5, 0.6) is 11.6 Å². The predicted molar refractivity (Wildman–Crippen MR) is 146 cm³/mol. The molecule has 2 heterocycles. The van der Waals surface area contributed by atoms with Gasteiger partial charge in [-0.05, 0) is 64.8 Å². The molecule has 0 amide bonds. The van der Waals surface area contributed by atoms with E-state index in [1.54, 1.807) is 0 Å². The highest BCUT2D eigenvalue weighted by molar-refractivity contribution is 6.32. The summed E-state index contributed by atoms with van der Waals surface area (Å²) < 4.78 is 20.0. The van der Waals surface area contributed by atoms with Gasteiger partial charge in [0.2, 0.25) is 5.88 Å². The third kappa shape index (κ3) is 7.79. The number of benzene rings is 2. The Kier molecular flexibility index (Phi) is 9.27. The largest absolute Gasteiger partial charge is 0.437 e. The average molecular weight is 528 g/mol.